The van der Waals surface area contributed by atoms with Crippen LogP contribution >= 0.6 is 0 Å². The van der Waals surface area contributed by atoms with Crippen molar-refractivity contribution in [3.63, 3.8) is 0 Å². The molecule has 0 fully saturated rings. The van der Waals surface area contributed by atoms with E-state index >= 15 is 0 Å². The van der Waals surface area contributed by atoms with E-state index in [4.69, 9.17) is 4.74 Å². The first-order valence-electron chi connectivity index (χ1n) is 7.00. The van der Waals surface area contributed by atoms with Gasteiger partial charge in [0.05, 0.1) is 18.5 Å². The van der Waals surface area contributed by atoms with Crippen molar-refractivity contribution in [2.75, 3.05) is 19.0 Å². The van der Waals surface area contributed by atoms with Gasteiger partial charge in [-0.2, -0.15) is 0 Å². The van der Waals surface area contributed by atoms with E-state index in [9.17, 15) is 4.39 Å². The molecule has 0 saturated carbocycles. The van der Waals surface area contributed by atoms with Crippen molar-refractivity contribution in [2.24, 2.45) is 0 Å². The van der Waals surface area contributed by atoms with Gasteiger partial charge in [-0.05, 0) is 32.4 Å². The van der Waals surface area contributed by atoms with Crippen molar-refractivity contribution < 1.29 is 9.13 Å². The number of halogens is 1. The van der Waals surface area contributed by atoms with Crippen LogP contribution in [0.5, 0.6) is 5.75 Å². The highest BCUT2D eigenvalue weighted by molar-refractivity contribution is 5.73. The molecule has 0 spiro atoms. The first-order chi connectivity index (χ1) is 10.1. The molecule has 1 N–H and O–H groups in total. The van der Waals surface area contributed by atoms with Crippen LogP contribution in [0.25, 0.3) is 11.3 Å². The third-order valence-electron chi connectivity index (χ3n) is 3.29. The smallest absolute Gasteiger partial charge is 0.174 e. The van der Waals surface area contributed by atoms with Crippen LogP contribution in [0.4, 0.5) is 10.2 Å². The first kappa shape index (κ1) is 15.2. The van der Waals surface area contributed by atoms with Gasteiger partial charge < -0.3 is 10.1 Å². The Morgan fingerprint density at radius 3 is 2.57 bits per heavy atom. The van der Waals surface area contributed by atoms with Crippen molar-refractivity contribution in [3.05, 3.63) is 35.4 Å². The van der Waals surface area contributed by atoms with E-state index in [1.165, 1.54) is 7.11 Å². The molecule has 0 amide bonds. The number of anilines is 1. The highest BCUT2D eigenvalue weighted by Crippen LogP contribution is 2.32. The molecular formula is C16H20FN3O. The fraction of sp³-hybridized carbons (Fsp3) is 0.375. The number of benzene rings is 1. The van der Waals surface area contributed by atoms with E-state index in [0.29, 0.717) is 17.1 Å². The third kappa shape index (κ3) is 3.12. The average molecular weight is 289 g/mol. The molecule has 5 heteroatoms. The molecule has 0 unspecified atom stereocenters. The average Bonchev–Trinajstić information content (AvgIpc) is 2.48. The Balaban J connectivity index is 2.59. The molecule has 2 rings (SSSR count). The Labute approximate surface area is 124 Å². The molecule has 0 bridgehead atoms. The minimum atomic E-state index is -0.419. The van der Waals surface area contributed by atoms with Crippen molar-refractivity contribution in [1.82, 2.24) is 9.97 Å². The molecule has 1 heterocycles. The van der Waals surface area contributed by atoms with Crippen molar-refractivity contribution in [2.45, 2.75) is 27.2 Å². The van der Waals surface area contributed by atoms with Crippen molar-refractivity contribution in [1.29, 1.82) is 0 Å². The van der Waals surface area contributed by atoms with Gasteiger partial charge in [-0.25, -0.2) is 14.4 Å². The van der Waals surface area contributed by atoms with E-state index in [2.05, 4.69) is 22.2 Å². The summed E-state index contributed by atoms with van der Waals surface area (Å²) in [5.41, 5.74) is 2.53. The summed E-state index contributed by atoms with van der Waals surface area (Å²) in [7, 11) is 1.45. The van der Waals surface area contributed by atoms with E-state index in [1.807, 2.05) is 13.8 Å². The van der Waals surface area contributed by atoms with E-state index in [1.54, 1.807) is 18.2 Å². The topological polar surface area (TPSA) is 47.0 Å². The zero-order valence-electron chi connectivity index (χ0n) is 12.8. The summed E-state index contributed by atoms with van der Waals surface area (Å²) in [4.78, 5) is 9.01. The summed E-state index contributed by atoms with van der Waals surface area (Å²) in [5.74, 6) is 0.387. The Morgan fingerprint density at radius 1 is 1.19 bits per heavy atom. The molecule has 4 nitrogen and oxygen atoms in total. The van der Waals surface area contributed by atoms with E-state index in [0.717, 1.165) is 24.4 Å². The number of ether oxygens (including phenoxy) is 1. The quantitative estimate of drug-likeness (QED) is 0.911. The van der Waals surface area contributed by atoms with Crippen LogP contribution in [0.1, 0.15) is 24.7 Å². The second-order valence-corrected chi connectivity index (χ2v) is 4.84. The normalized spacial score (nSPS) is 10.5. The predicted octanol–water partition coefficient (Wildman–Crippen LogP) is 3.73. The molecule has 0 aliphatic heterocycles. The van der Waals surface area contributed by atoms with Gasteiger partial charge in [0.2, 0.25) is 0 Å². The fourth-order valence-corrected chi connectivity index (χ4v) is 2.01. The maximum atomic E-state index is 14.5. The molecule has 0 radical (unpaired) electrons. The second kappa shape index (κ2) is 6.52. The van der Waals surface area contributed by atoms with E-state index < -0.39 is 5.82 Å². The van der Waals surface area contributed by atoms with Gasteiger partial charge in [0.1, 0.15) is 5.69 Å². The molecule has 1 aromatic carbocycles. The minimum absolute atomic E-state index is 0.203. The van der Waals surface area contributed by atoms with Crippen molar-refractivity contribution >= 4 is 5.82 Å². The number of aryl methyl sites for hydroxylation is 2. The van der Waals surface area contributed by atoms with Crippen molar-refractivity contribution in [3.8, 4) is 17.0 Å². The van der Waals surface area contributed by atoms with Crippen LogP contribution in [0.15, 0.2) is 18.2 Å². The maximum Gasteiger partial charge on any atom is 0.174 e. The summed E-state index contributed by atoms with van der Waals surface area (Å²) < 4.78 is 19.5. The second-order valence-electron chi connectivity index (χ2n) is 4.84. The Kier molecular flexibility index (Phi) is 4.73. The predicted molar refractivity (Wildman–Crippen MR) is 82.2 cm³/mol. The van der Waals surface area contributed by atoms with Gasteiger partial charge in [0.25, 0.3) is 0 Å². The number of aromatic nitrogens is 2. The fourth-order valence-electron chi connectivity index (χ4n) is 2.01. The molecule has 21 heavy (non-hydrogen) atoms. The molecule has 1 aromatic heterocycles. The number of hydrogen-bond donors (Lipinski definition) is 1. The van der Waals surface area contributed by atoms with Crippen LogP contribution < -0.4 is 10.1 Å². The van der Waals surface area contributed by atoms with Crippen LogP contribution in [0, 0.1) is 19.7 Å². The summed E-state index contributed by atoms with van der Waals surface area (Å²) in [6, 6.07) is 5.03. The molecule has 2 aromatic rings. The standard InChI is InChI=1S/C16H20FN3O/c1-5-9-18-16-15(19-10(2)11(3)20-16)12-7-6-8-13(21-4)14(12)17/h6-8H,5,9H2,1-4H3,(H,18,20). The summed E-state index contributed by atoms with van der Waals surface area (Å²) in [5, 5.41) is 3.21. The molecule has 0 saturated heterocycles. The van der Waals surface area contributed by atoms with Gasteiger partial charge in [0.15, 0.2) is 17.4 Å². The third-order valence-corrected chi connectivity index (χ3v) is 3.29. The molecule has 112 valence electrons. The van der Waals surface area contributed by atoms with E-state index in [-0.39, 0.29) is 5.75 Å². The monoisotopic (exact) mass is 289 g/mol. The first-order valence-corrected chi connectivity index (χ1v) is 7.00. The molecular weight excluding hydrogens is 269 g/mol. The number of rotatable bonds is 5. The largest absolute Gasteiger partial charge is 0.494 e. The number of nitrogens with one attached hydrogen (secondary N) is 1. The lowest BCUT2D eigenvalue weighted by molar-refractivity contribution is 0.387. The SMILES string of the molecule is CCCNc1nc(C)c(C)nc1-c1cccc(OC)c1F. The van der Waals surface area contributed by atoms with Gasteiger partial charge in [-0.1, -0.05) is 13.0 Å². The molecule has 0 atom stereocenters. The van der Waals surface area contributed by atoms with Crippen LogP contribution in [0.2, 0.25) is 0 Å². The van der Waals surface area contributed by atoms with Gasteiger partial charge in [-0.3, -0.25) is 0 Å². The number of methoxy groups -OCH3 is 1. The summed E-state index contributed by atoms with van der Waals surface area (Å²) in [6.45, 7) is 6.59. The minimum Gasteiger partial charge on any atom is -0.494 e. The highest BCUT2D eigenvalue weighted by atomic mass is 19.1. The Morgan fingerprint density at radius 2 is 1.90 bits per heavy atom. The van der Waals surface area contributed by atoms with Crippen LogP contribution in [-0.2, 0) is 0 Å². The van der Waals surface area contributed by atoms with Crippen LogP contribution in [-0.4, -0.2) is 23.6 Å². The lowest BCUT2D eigenvalue weighted by atomic mass is 10.1. The number of nitrogens with zero attached hydrogens (tertiary/aromatic N) is 2. The zero-order valence-corrected chi connectivity index (χ0v) is 12.8. The van der Waals surface area contributed by atoms with Crippen LogP contribution in [0.3, 0.4) is 0 Å². The van der Waals surface area contributed by atoms with Gasteiger partial charge in [0, 0.05) is 12.1 Å². The summed E-state index contributed by atoms with van der Waals surface area (Å²) in [6.07, 6.45) is 0.953. The lowest BCUT2D eigenvalue weighted by Gasteiger charge is -2.14. The Bertz CT molecular complexity index is 644. The molecule has 0 aliphatic rings. The summed E-state index contributed by atoms with van der Waals surface area (Å²) >= 11 is 0. The highest BCUT2D eigenvalue weighted by Gasteiger charge is 2.17. The Hall–Kier alpha value is -2.17. The van der Waals surface area contributed by atoms with Gasteiger partial charge in [-0.15, -0.1) is 0 Å². The zero-order chi connectivity index (χ0) is 15.4. The van der Waals surface area contributed by atoms with Gasteiger partial charge >= 0.3 is 0 Å². The molecule has 0 aliphatic carbocycles. The number of hydrogen-bond acceptors (Lipinski definition) is 4. The maximum absolute atomic E-state index is 14.5. The lowest BCUT2D eigenvalue weighted by Crippen LogP contribution is -2.08.